The van der Waals surface area contributed by atoms with Crippen LogP contribution in [0.2, 0.25) is 5.02 Å². The molecule has 2 heterocycles. The predicted octanol–water partition coefficient (Wildman–Crippen LogP) is 2.07. The van der Waals surface area contributed by atoms with Crippen molar-refractivity contribution in [3.05, 3.63) is 47.2 Å². The van der Waals surface area contributed by atoms with E-state index < -0.39 is 0 Å². The first-order valence-electron chi connectivity index (χ1n) is 6.53. The number of benzene rings is 1. The van der Waals surface area contributed by atoms with Crippen molar-refractivity contribution >= 4 is 23.2 Å². The molecular weight excluding hydrogens is 276 g/mol. The van der Waals surface area contributed by atoms with Crippen LogP contribution in [0.5, 0.6) is 0 Å². The van der Waals surface area contributed by atoms with Gasteiger partial charge in [-0.15, -0.1) is 0 Å². The van der Waals surface area contributed by atoms with Gasteiger partial charge in [-0.3, -0.25) is 9.89 Å². The first kappa shape index (κ1) is 13.0. The quantitative estimate of drug-likeness (QED) is 0.910. The van der Waals surface area contributed by atoms with E-state index in [1.807, 2.05) is 24.3 Å². The van der Waals surface area contributed by atoms with Gasteiger partial charge in [-0.25, -0.2) is 0 Å². The van der Waals surface area contributed by atoms with Crippen molar-refractivity contribution < 1.29 is 4.79 Å². The van der Waals surface area contributed by atoms with Crippen molar-refractivity contribution in [1.29, 1.82) is 0 Å². The summed E-state index contributed by atoms with van der Waals surface area (Å²) in [6, 6.07) is 9.59. The second-order valence-electron chi connectivity index (χ2n) is 4.86. The number of carbonyl (C=O) groups is 1. The summed E-state index contributed by atoms with van der Waals surface area (Å²) in [7, 11) is 0. The molecule has 1 aliphatic heterocycles. The molecule has 2 N–H and O–H groups in total. The fourth-order valence-electron chi connectivity index (χ4n) is 2.43. The summed E-state index contributed by atoms with van der Waals surface area (Å²) in [5.74, 6) is -0.111. The standard InChI is InChI=1S/C14H15ClN4O/c15-10-2-1-3-12(8-10)19-7-5-11(9-19)17-14(20)13-4-6-16-18-13/h1-4,6,8,11H,5,7,9H2,(H,16,18)(H,17,20)/t11-/m1/s1. The van der Waals surface area contributed by atoms with Crippen molar-refractivity contribution in [1.82, 2.24) is 15.5 Å². The predicted molar refractivity (Wildman–Crippen MR) is 78.1 cm³/mol. The van der Waals surface area contributed by atoms with Gasteiger partial charge in [0.05, 0.1) is 0 Å². The average Bonchev–Trinajstić information content (AvgIpc) is 3.10. The van der Waals surface area contributed by atoms with Crippen LogP contribution in [0.1, 0.15) is 16.9 Å². The normalized spacial score (nSPS) is 18.2. The number of anilines is 1. The monoisotopic (exact) mass is 290 g/mol. The summed E-state index contributed by atoms with van der Waals surface area (Å²) in [4.78, 5) is 14.2. The van der Waals surface area contributed by atoms with Gasteiger partial charge in [-0.2, -0.15) is 5.10 Å². The molecule has 2 aromatic rings. The maximum Gasteiger partial charge on any atom is 0.269 e. The molecule has 1 aromatic heterocycles. The van der Waals surface area contributed by atoms with Gasteiger partial charge in [0.15, 0.2) is 0 Å². The molecule has 0 unspecified atom stereocenters. The molecule has 1 fully saturated rings. The number of rotatable bonds is 3. The Kier molecular flexibility index (Phi) is 3.60. The number of carbonyl (C=O) groups excluding carboxylic acids is 1. The van der Waals surface area contributed by atoms with Crippen molar-refractivity contribution in [2.45, 2.75) is 12.5 Å². The molecule has 0 aliphatic carbocycles. The van der Waals surface area contributed by atoms with Crippen LogP contribution in [0.15, 0.2) is 36.5 Å². The molecule has 0 bridgehead atoms. The second-order valence-corrected chi connectivity index (χ2v) is 5.29. The zero-order chi connectivity index (χ0) is 13.9. The number of hydrogen-bond donors (Lipinski definition) is 2. The van der Waals surface area contributed by atoms with Crippen molar-refractivity contribution in [3.8, 4) is 0 Å². The number of nitrogens with zero attached hydrogens (tertiary/aromatic N) is 2. The van der Waals surface area contributed by atoms with Gasteiger partial charge < -0.3 is 10.2 Å². The van der Waals surface area contributed by atoms with Crippen molar-refractivity contribution in [2.75, 3.05) is 18.0 Å². The van der Waals surface area contributed by atoms with E-state index in [9.17, 15) is 4.79 Å². The van der Waals surface area contributed by atoms with Crippen molar-refractivity contribution in [3.63, 3.8) is 0 Å². The average molecular weight is 291 g/mol. The van der Waals surface area contributed by atoms with Crippen LogP contribution in [0.4, 0.5) is 5.69 Å². The first-order chi connectivity index (χ1) is 9.72. The third-order valence-electron chi connectivity index (χ3n) is 3.44. The zero-order valence-corrected chi connectivity index (χ0v) is 11.6. The number of amides is 1. The molecule has 5 nitrogen and oxygen atoms in total. The van der Waals surface area contributed by atoms with Gasteiger partial charge in [0, 0.05) is 36.0 Å². The molecule has 104 valence electrons. The van der Waals surface area contributed by atoms with Crippen LogP contribution in [-0.2, 0) is 0 Å². The van der Waals surface area contributed by atoms with E-state index in [2.05, 4.69) is 20.4 Å². The summed E-state index contributed by atoms with van der Waals surface area (Å²) in [6.07, 6.45) is 2.49. The van der Waals surface area contributed by atoms with E-state index in [1.54, 1.807) is 12.3 Å². The number of aromatic amines is 1. The van der Waals surface area contributed by atoms with Crippen LogP contribution in [0.3, 0.4) is 0 Å². The second kappa shape index (κ2) is 5.54. The number of nitrogens with one attached hydrogen (secondary N) is 2. The van der Waals surface area contributed by atoms with E-state index in [0.717, 1.165) is 30.2 Å². The Morgan fingerprint density at radius 2 is 2.35 bits per heavy atom. The van der Waals surface area contributed by atoms with Gasteiger partial charge in [-0.1, -0.05) is 17.7 Å². The maximum atomic E-state index is 11.9. The highest BCUT2D eigenvalue weighted by molar-refractivity contribution is 6.30. The zero-order valence-electron chi connectivity index (χ0n) is 10.8. The molecule has 1 aliphatic rings. The smallest absolute Gasteiger partial charge is 0.269 e. The largest absolute Gasteiger partial charge is 0.369 e. The van der Waals surface area contributed by atoms with E-state index >= 15 is 0 Å². The third-order valence-corrected chi connectivity index (χ3v) is 3.68. The molecule has 1 aromatic carbocycles. The minimum atomic E-state index is -0.111. The van der Waals surface area contributed by atoms with Gasteiger partial charge in [-0.05, 0) is 30.7 Å². The van der Waals surface area contributed by atoms with Gasteiger partial charge in [0.2, 0.25) is 0 Å². The van der Waals surface area contributed by atoms with Crippen LogP contribution >= 0.6 is 11.6 Å². The van der Waals surface area contributed by atoms with Gasteiger partial charge in [0.25, 0.3) is 5.91 Å². The summed E-state index contributed by atoms with van der Waals surface area (Å²) >= 11 is 6.00. The maximum absolute atomic E-state index is 11.9. The lowest BCUT2D eigenvalue weighted by molar-refractivity contribution is 0.0935. The lowest BCUT2D eigenvalue weighted by Gasteiger charge is -2.19. The van der Waals surface area contributed by atoms with Crippen LogP contribution in [0, 0.1) is 0 Å². The Balaban J connectivity index is 1.61. The number of hydrogen-bond acceptors (Lipinski definition) is 3. The van der Waals surface area contributed by atoms with E-state index in [4.69, 9.17) is 11.6 Å². The molecule has 1 saturated heterocycles. The number of halogens is 1. The molecule has 6 heteroatoms. The highest BCUT2D eigenvalue weighted by Gasteiger charge is 2.24. The summed E-state index contributed by atoms with van der Waals surface area (Å²) in [5, 5.41) is 10.2. The lowest BCUT2D eigenvalue weighted by atomic mass is 10.2. The molecule has 3 rings (SSSR count). The summed E-state index contributed by atoms with van der Waals surface area (Å²) < 4.78 is 0. The fraction of sp³-hybridized carbons (Fsp3) is 0.286. The topological polar surface area (TPSA) is 61.0 Å². The SMILES string of the molecule is O=C(N[C@@H]1CCN(c2cccc(Cl)c2)C1)c1ccn[nH]1. The highest BCUT2D eigenvalue weighted by atomic mass is 35.5. The minimum Gasteiger partial charge on any atom is -0.369 e. The van der Waals surface area contributed by atoms with Crippen molar-refractivity contribution in [2.24, 2.45) is 0 Å². The third kappa shape index (κ3) is 2.77. The number of H-pyrrole nitrogens is 1. The van der Waals surface area contributed by atoms with E-state index in [1.165, 1.54) is 0 Å². The molecule has 1 atom stereocenters. The van der Waals surface area contributed by atoms with Gasteiger partial charge >= 0.3 is 0 Å². The van der Waals surface area contributed by atoms with Gasteiger partial charge in [0.1, 0.15) is 5.69 Å². The molecule has 0 spiro atoms. The lowest BCUT2D eigenvalue weighted by Crippen LogP contribution is -2.37. The molecule has 1 amide bonds. The summed E-state index contributed by atoms with van der Waals surface area (Å²) in [6.45, 7) is 1.70. The molecule has 0 saturated carbocycles. The Hall–Kier alpha value is -2.01. The van der Waals surface area contributed by atoms with Crippen LogP contribution in [0.25, 0.3) is 0 Å². The number of aromatic nitrogens is 2. The summed E-state index contributed by atoms with van der Waals surface area (Å²) in [5.41, 5.74) is 1.59. The fourth-order valence-corrected chi connectivity index (χ4v) is 2.62. The molecular formula is C14H15ClN4O. The highest BCUT2D eigenvalue weighted by Crippen LogP contribution is 2.23. The molecule has 0 radical (unpaired) electrons. The Morgan fingerprint density at radius 1 is 1.45 bits per heavy atom. The van der Waals surface area contributed by atoms with E-state index in [0.29, 0.717) is 5.69 Å². The van der Waals surface area contributed by atoms with Crippen LogP contribution < -0.4 is 10.2 Å². The Labute approximate surface area is 121 Å². The van der Waals surface area contributed by atoms with E-state index in [-0.39, 0.29) is 11.9 Å². The Bertz CT molecular complexity index is 599. The Morgan fingerprint density at radius 3 is 3.10 bits per heavy atom. The minimum absolute atomic E-state index is 0.111. The first-order valence-corrected chi connectivity index (χ1v) is 6.91. The molecule has 20 heavy (non-hydrogen) atoms. The van der Waals surface area contributed by atoms with Crippen LogP contribution in [-0.4, -0.2) is 35.2 Å².